The van der Waals surface area contributed by atoms with Gasteiger partial charge >= 0.3 is 0 Å². The molecule has 1 N–H and O–H groups in total. The predicted octanol–water partition coefficient (Wildman–Crippen LogP) is 1.56. The molecular weight excluding hydrogens is 98.1 g/mol. The number of rotatable bonds is 4. The summed E-state index contributed by atoms with van der Waals surface area (Å²) >= 11 is 0. The van der Waals surface area contributed by atoms with Gasteiger partial charge in [0.2, 0.25) is 0 Å². The summed E-state index contributed by atoms with van der Waals surface area (Å²) in [5.74, 6) is 0. The van der Waals surface area contributed by atoms with Crippen LogP contribution in [0.4, 0.5) is 0 Å². The molecule has 0 aliphatic rings. The fourth-order valence-corrected chi connectivity index (χ4v) is 0.563. The summed E-state index contributed by atoms with van der Waals surface area (Å²) in [6.45, 7) is 3.18. The van der Waals surface area contributed by atoms with Crippen LogP contribution in [-0.2, 0) is 0 Å². The minimum Gasteiger partial charge on any atom is -0.320 e. The van der Waals surface area contributed by atoms with Crippen LogP contribution in [0.5, 0.6) is 0 Å². The summed E-state index contributed by atoms with van der Waals surface area (Å²) < 4.78 is 0. The highest BCUT2D eigenvalue weighted by molar-refractivity contribution is 4.76. The quantitative estimate of drug-likeness (QED) is 0.431. The van der Waals surface area contributed by atoms with Crippen molar-refractivity contribution in [2.24, 2.45) is 0 Å². The van der Waals surface area contributed by atoms with Crippen LogP contribution < -0.4 is 5.32 Å². The van der Waals surface area contributed by atoms with Crippen molar-refractivity contribution in [3.8, 4) is 0 Å². The van der Waals surface area contributed by atoms with Gasteiger partial charge in [-0.25, -0.2) is 0 Å². The molecule has 0 aromatic rings. The lowest BCUT2D eigenvalue weighted by Gasteiger charge is -1.91. The lowest BCUT2D eigenvalue weighted by atomic mass is 10.3. The van der Waals surface area contributed by atoms with Crippen molar-refractivity contribution in [3.05, 3.63) is 12.2 Å². The Labute approximate surface area is 51.8 Å². The van der Waals surface area contributed by atoms with Gasteiger partial charge in [-0.05, 0) is 33.4 Å². The Hall–Kier alpha value is -0.300. The predicted molar refractivity (Wildman–Crippen MR) is 38.0 cm³/mol. The zero-order valence-corrected chi connectivity index (χ0v) is 5.78. The first-order chi connectivity index (χ1) is 3.91. The van der Waals surface area contributed by atoms with Gasteiger partial charge in [0, 0.05) is 0 Å². The van der Waals surface area contributed by atoms with Gasteiger partial charge in [-0.15, -0.1) is 0 Å². The van der Waals surface area contributed by atoms with E-state index in [1.807, 2.05) is 7.05 Å². The molecule has 1 nitrogen and oxygen atoms in total. The zero-order valence-electron chi connectivity index (χ0n) is 5.78. The minimum absolute atomic E-state index is 1.13. The van der Waals surface area contributed by atoms with Crippen molar-refractivity contribution in [1.29, 1.82) is 0 Å². The average Bonchev–Trinajstić information content (AvgIpc) is 1.81. The third-order valence-electron chi connectivity index (χ3n) is 1.03. The molecule has 0 saturated carbocycles. The lowest BCUT2D eigenvalue weighted by Crippen LogP contribution is -2.06. The van der Waals surface area contributed by atoms with Crippen LogP contribution in [0.1, 0.15) is 19.8 Å². The van der Waals surface area contributed by atoms with E-state index in [4.69, 9.17) is 0 Å². The van der Waals surface area contributed by atoms with E-state index in [-0.39, 0.29) is 0 Å². The van der Waals surface area contributed by atoms with Crippen LogP contribution >= 0.6 is 0 Å². The van der Waals surface area contributed by atoms with Gasteiger partial charge in [0.1, 0.15) is 0 Å². The molecule has 0 rings (SSSR count). The fourth-order valence-electron chi connectivity index (χ4n) is 0.563. The molecule has 0 saturated heterocycles. The van der Waals surface area contributed by atoms with Crippen molar-refractivity contribution in [2.45, 2.75) is 19.8 Å². The van der Waals surface area contributed by atoms with E-state index in [1.165, 1.54) is 12.8 Å². The van der Waals surface area contributed by atoms with E-state index in [1.54, 1.807) is 0 Å². The van der Waals surface area contributed by atoms with Crippen LogP contribution in [0.15, 0.2) is 12.2 Å². The highest BCUT2D eigenvalue weighted by Crippen LogP contribution is 1.86. The summed E-state index contributed by atoms with van der Waals surface area (Å²) in [5.41, 5.74) is 0. The highest BCUT2D eigenvalue weighted by atomic mass is 14.8. The first-order valence-corrected chi connectivity index (χ1v) is 3.17. The molecule has 0 aromatic carbocycles. The van der Waals surface area contributed by atoms with E-state index >= 15 is 0 Å². The minimum atomic E-state index is 1.13. The number of nitrogens with one attached hydrogen (secondary N) is 1. The monoisotopic (exact) mass is 113 g/mol. The van der Waals surface area contributed by atoms with Gasteiger partial charge in [0.15, 0.2) is 0 Å². The second kappa shape index (κ2) is 6.70. The van der Waals surface area contributed by atoms with E-state index < -0.39 is 0 Å². The number of allylic oxidation sites excluding steroid dienone is 2. The Bertz CT molecular complexity index is 57.4. The molecule has 1 heteroatoms. The summed E-state index contributed by atoms with van der Waals surface area (Å²) in [6.07, 6.45) is 6.74. The normalized spacial score (nSPS) is 10.8. The van der Waals surface area contributed by atoms with Crippen molar-refractivity contribution < 1.29 is 0 Å². The summed E-state index contributed by atoms with van der Waals surface area (Å²) in [7, 11) is 1.98. The standard InChI is InChI=1S/C7H15N/c1-3-4-5-6-7-8-2/h3-4,8H,5-7H2,1-2H3. The summed E-state index contributed by atoms with van der Waals surface area (Å²) in [6, 6.07) is 0. The molecule has 0 atom stereocenters. The highest BCUT2D eigenvalue weighted by Gasteiger charge is 1.77. The molecule has 0 heterocycles. The smallest absolute Gasteiger partial charge is 0.00490 e. The topological polar surface area (TPSA) is 12.0 Å². The van der Waals surface area contributed by atoms with Crippen molar-refractivity contribution in [3.63, 3.8) is 0 Å². The van der Waals surface area contributed by atoms with Crippen molar-refractivity contribution in [1.82, 2.24) is 5.32 Å². The van der Waals surface area contributed by atoms with Gasteiger partial charge in [-0.3, -0.25) is 0 Å². The molecular formula is C7H15N. The van der Waals surface area contributed by atoms with Gasteiger partial charge in [0.25, 0.3) is 0 Å². The zero-order chi connectivity index (χ0) is 6.24. The maximum Gasteiger partial charge on any atom is -0.00490 e. The van der Waals surface area contributed by atoms with Crippen LogP contribution in [-0.4, -0.2) is 13.6 Å². The first kappa shape index (κ1) is 7.70. The molecule has 8 heavy (non-hydrogen) atoms. The average molecular weight is 113 g/mol. The summed E-state index contributed by atoms with van der Waals surface area (Å²) in [5, 5.41) is 3.09. The molecule has 0 spiro atoms. The van der Waals surface area contributed by atoms with Gasteiger partial charge in [-0.1, -0.05) is 12.2 Å². The van der Waals surface area contributed by atoms with Crippen LogP contribution in [0.25, 0.3) is 0 Å². The molecule has 0 amide bonds. The van der Waals surface area contributed by atoms with Crippen LogP contribution in [0.3, 0.4) is 0 Å². The fraction of sp³-hybridized carbons (Fsp3) is 0.714. The van der Waals surface area contributed by atoms with E-state index in [9.17, 15) is 0 Å². The first-order valence-electron chi connectivity index (χ1n) is 3.17. The molecule has 48 valence electrons. The van der Waals surface area contributed by atoms with Crippen LogP contribution in [0, 0.1) is 0 Å². The third-order valence-corrected chi connectivity index (χ3v) is 1.03. The molecule has 0 radical (unpaired) electrons. The molecule has 0 bridgehead atoms. The Morgan fingerprint density at radius 3 is 2.75 bits per heavy atom. The van der Waals surface area contributed by atoms with E-state index in [0.717, 1.165) is 6.54 Å². The second-order valence-electron chi connectivity index (χ2n) is 1.81. The molecule has 0 unspecified atom stereocenters. The maximum atomic E-state index is 3.09. The van der Waals surface area contributed by atoms with Gasteiger partial charge < -0.3 is 5.32 Å². The Morgan fingerprint density at radius 1 is 1.50 bits per heavy atom. The largest absolute Gasteiger partial charge is 0.320 e. The van der Waals surface area contributed by atoms with Crippen molar-refractivity contribution >= 4 is 0 Å². The van der Waals surface area contributed by atoms with Gasteiger partial charge in [0.05, 0.1) is 0 Å². The Kier molecular flexibility index (Phi) is 6.45. The van der Waals surface area contributed by atoms with E-state index in [2.05, 4.69) is 24.4 Å². The number of hydrogen-bond donors (Lipinski definition) is 1. The summed E-state index contributed by atoms with van der Waals surface area (Å²) in [4.78, 5) is 0. The SMILES string of the molecule is CC=CCCCNC. The Balaban J connectivity index is 2.72. The molecule has 0 aromatic heterocycles. The van der Waals surface area contributed by atoms with E-state index in [0.29, 0.717) is 0 Å². The number of unbranched alkanes of at least 4 members (excludes halogenated alkanes) is 1. The van der Waals surface area contributed by atoms with Gasteiger partial charge in [-0.2, -0.15) is 0 Å². The number of hydrogen-bond acceptors (Lipinski definition) is 1. The Morgan fingerprint density at radius 2 is 2.25 bits per heavy atom. The molecule has 0 aliphatic carbocycles. The second-order valence-corrected chi connectivity index (χ2v) is 1.81. The third kappa shape index (κ3) is 5.70. The van der Waals surface area contributed by atoms with Crippen molar-refractivity contribution in [2.75, 3.05) is 13.6 Å². The molecule has 0 fully saturated rings. The van der Waals surface area contributed by atoms with Crippen LogP contribution in [0.2, 0.25) is 0 Å². The molecule has 0 aliphatic heterocycles. The lowest BCUT2D eigenvalue weighted by molar-refractivity contribution is 0.735. The maximum absolute atomic E-state index is 3.09.